The Hall–Kier alpha value is -0.630. The summed E-state index contributed by atoms with van der Waals surface area (Å²) in [5.74, 6) is -0.692. The van der Waals surface area contributed by atoms with Crippen LogP contribution in [0.15, 0.2) is 24.3 Å². The molecule has 0 aromatic heterocycles. The van der Waals surface area contributed by atoms with Gasteiger partial charge in [0.15, 0.2) is 5.79 Å². The fraction of sp³-hybridized carbons (Fsp3) is 0.714. The number of hydrogen-bond donors (Lipinski definition) is 0. The maximum absolute atomic E-state index is 14.6. The number of hydrogen-bond acceptors (Lipinski definition) is 1. The molecule has 0 saturated carbocycles. The van der Waals surface area contributed by atoms with Gasteiger partial charge in [-0.3, -0.25) is 4.90 Å². The minimum Gasteiger partial charge on any atom is -0.268 e. The Morgan fingerprint density at radius 1 is 1.38 bits per heavy atom. The van der Waals surface area contributed by atoms with Gasteiger partial charge in [0.05, 0.1) is 0 Å². The van der Waals surface area contributed by atoms with Crippen LogP contribution < -0.4 is 0 Å². The summed E-state index contributed by atoms with van der Waals surface area (Å²) in [5, 5.41) is 0. The summed E-state index contributed by atoms with van der Waals surface area (Å²) in [6, 6.07) is 0. The Labute approximate surface area is 99.0 Å². The van der Waals surface area contributed by atoms with E-state index in [-0.39, 0.29) is 0 Å². The number of alkyl halides is 1. The second kappa shape index (κ2) is 6.19. The Bertz CT molecular complexity index is 259. The highest BCUT2D eigenvalue weighted by atomic mass is 19.1. The normalized spacial score (nSPS) is 26.3. The maximum Gasteiger partial charge on any atom is 0.186 e. The van der Waals surface area contributed by atoms with E-state index in [4.69, 9.17) is 0 Å². The molecule has 0 aromatic carbocycles. The van der Waals surface area contributed by atoms with Crippen molar-refractivity contribution >= 4 is 0 Å². The van der Waals surface area contributed by atoms with Crippen LogP contribution in [0.2, 0.25) is 0 Å². The zero-order chi connectivity index (χ0) is 12.0. The molecule has 0 heterocycles. The first kappa shape index (κ1) is 13.4. The molecule has 0 spiro atoms. The predicted octanol–water partition coefficient (Wildman–Crippen LogP) is 3.93. The van der Waals surface area contributed by atoms with Gasteiger partial charge < -0.3 is 0 Å². The topological polar surface area (TPSA) is 3.24 Å². The van der Waals surface area contributed by atoms with Gasteiger partial charge in [-0.05, 0) is 25.0 Å². The highest BCUT2D eigenvalue weighted by Gasteiger charge is 2.33. The van der Waals surface area contributed by atoms with Gasteiger partial charge in [0.2, 0.25) is 0 Å². The van der Waals surface area contributed by atoms with Crippen molar-refractivity contribution in [2.75, 3.05) is 13.1 Å². The van der Waals surface area contributed by atoms with Crippen molar-refractivity contribution in [3.05, 3.63) is 24.3 Å². The van der Waals surface area contributed by atoms with Crippen LogP contribution in [-0.4, -0.2) is 23.8 Å². The first-order valence-electron chi connectivity index (χ1n) is 6.40. The Kier molecular flexibility index (Phi) is 5.20. The Balaban J connectivity index is 2.59. The van der Waals surface area contributed by atoms with Crippen LogP contribution in [0.3, 0.4) is 0 Å². The van der Waals surface area contributed by atoms with Crippen molar-refractivity contribution < 1.29 is 4.39 Å². The molecule has 0 radical (unpaired) electrons. The van der Waals surface area contributed by atoms with Crippen molar-refractivity contribution in [2.45, 2.75) is 45.8 Å². The van der Waals surface area contributed by atoms with Crippen LogP contribution in [0, 0.1) is 5.92 Å². The largest absolute Gasteiger partial charge is 0.268 e. The van der Waals surface area contributed by atoms with Crippen molar-refractivity contribution in [3.63, 3.8) is 0 Å². The molecule has 2 unspecified atom stereocenters. The minimum atomic E-state index is -1.26. The number of likely N-dealkylation sites (N-methyl/N-ethyl adjacent to an activating group) is 1. The van der Waals surface area contributed by atoms with Crippen molar-refractivity contribution in [1.29, 1.82) is 0 Å². The SMILES string of the molecule is CCCC(C)CN(CC)C1(F)C=CC=CC1. The number of halogens is 1. The van der Waals surface area contributed by atoms with Crippen LogP contribution in [0.1, 0.15) is 40.0 Å². The zero-order valence-corrected chi connectivity index (χ0v) is 10.7. The van der Waals surface area contributed by atoms with Gasteiger partial charge >= 0.3 is 0 Å². The van der Waals surface area contributed by atoms with Gasteiger partial charge in [0.25, 0.3) is 0 Å². The highest BCUT2D eigenvalue weighted by Crippen LogP contribution is 2.28. The van der Waals surface area contributed by atoms with Gasteiger partial charge in [-0.15, -0.1) is 0 Å². The molecule has 0 N–H and O–H groups in total. The highest BCUT2D eigenvalue weighted by molar-refractivity contribution is 5.17. The summed E-state index contributed by atoms with van der Waals surface area (Å²) in [7, 11) is 0. The average molecular weight is 225 g/mol. The monoisotopic (exact) mass is 225 g/mol. The lowest BCUT2D eigenvalue weighted by Gasteiger charge is -2.36. The molecule has 0 fully saturated rings. The third-order valence-electron chi connectivity index (χ3n) is 3.22. The van der Waals surface area contributed by atoms with E-state index in [1.54, 1.807) is 6.08 Å². The van der Waals surface area contributed by atoms with Crippen molar-refractivity contribution in [2.24, 2.45) is 5.92 Å². The third kappa shape index (κ3) is 3.44. The molecule has 1 nitrogen and oxygen atoms in total. The second-order valence-electron chi connectivity index (χ2n) is 4.74. The van der Waals surface area contributed by atoms with Crippen LogP contribution >= 0.6 is 0 Å². The molecule has 1 aliphatic rings. The molecular formula is C14H24FN. The molecule has 2 atom stereocenters. The van der Waals surface area contributed by atoms with E-state index in [1.165, 1.54) is 12.8 Å². The number of nitrogens with zero attached hydrogens (tertiary/aromatic N) is 1. The molecule has 1 aliphatic carbocycles. The summed E-state index contributed by atoms with van der Waals surface area (Å²) >= 11 is 0. The van der Waals surface area contributed by atoms with E-state index in [1.807, 2.05) is 30.1 Å². The van der Waals surface area contributed by atoms with Crippen LogP contribution in [0.25, 0.3) is 0 Å². The van der Waals surface area contributed by atoms with E-state index in [0.717, 1.165) is 13.1 Å². The van der Waals surface area contributed by atoms with Crippen LogP contribution in [0.5, 0.6) is 0 Å². The Morgan fingerprint density at radius 3 is 2.62 bits per heavy atom. The molecule has 0 bridgehead atoms. The maximum atomic E-state index is 14.6. The van der Waals surface area contributed by atoms with Gasteiger partial charge in [0.1, 0.15) is 0 Å². The van der Waals surface area contributed by atoms with Crippen molar-refractivity contribution in [1.82, 2.24) is 4.90 Å². The quantitative estimate of drug-likeness (QED) is 0.619. The van der Waals surface area contributed by atoms with Gasteiger partial charge in [-0.25, -0.2) is 4.39 Å². The van der Waals surface area contributed by atoms with Crippen LogP contribution in [0.4, 0.5) is 4.39 Å². The van der Waals surface area contributed by atoms with Gasteiger partial charge in [-0.2, -0.15) is 0 Å². The molecule has 92 valence electrons. The fourth-order valence-corrected chi connectivity index (χ4v) is 2.32. The van der Waals surface area contributed by atoms with E-state index in [2.05, 4.69) is 13.8 Å². The molecule has 0 aliphatic heterocycles. The molecule has 0 aromatic rings. The third-order valence-corrected chi connectivity index (χ3v) is 3.22. The first-order chi connectivity index (χ1) is 7.62. The summed E-state index contributed by atoms with van der Waals surface area (Å²) in [6.07, 6.45) is 10.2. The smallest absolute Gasteiger partial charge is 0.186 e. The summed E-state index contributed by atoms with van der Waals surface area (Å²) in [4.78, 5) is 1.95. The average Bonchev–Trinajstić information content (AvgIpc) is 2.27. The predicted molar refractivity (Wildman–Crippen MR) is 68.1 cm³/mol. The summed E-state index contributed by atoms with van der Waals surface area (Å²) in [6.45, 7) is 8.03. The lowest BCUT2D eigenvalue weighted by atomic mass is 10.00. The van der Waals surface area contributed by atoms with Gasteiger partial charge in [-0.1, -0.05) is 45.4 Å². The lowest BCUT2D eigenvalue weighted by Crippen LogP contribution is -2.45. The molecule has 16 heavy (non-hydrogen) atoms. The lowest BCUT2D eigenvalue weighted by molar-refractivity contribution is 0.00345. The van der Waals surface area contributed by atoms with E-state index in [0.29, 0.717) is 12.3 Å². The standard InChI is InChI=1S/C14H24FN/c1-4-9-13(3)12-16(5-2)14(15)10-7-6-8-11-14/h6-8,10,13H,4-5,9,11-12H2,1-3H3. The number of allylic oxidation sites excluding steroid dienone is 2. The first-order valence-corrected chi connectivity index (χ1v) is 6.40. The zero-order valence-electron chi connectivity index (χ0n) is 10.7. The van der Waals surface area contributed by atoms with E-state index < -0.39 is 5.79 Å². The minimum absolute atomic E-state index is 0.482. The Morgan fingerprint density at radius 2 is 2.12 bits per heavy atom. The number of rotatable bonds is 6. The second-order valence-corrected chi connectivity index (χ2v) is 4.74. The summed E-state index contributed by atoms with van der Waals surface area (Å²) < 4.78 is 14.6. The van der Waals surface area contributed by atoms with E-state index >= 15 is 0 Å². The molecule has 2 heteroatoms. The van der Waals surface area contributed by atoms with Gasteiger partial charge in [0, 0.05) is 13.0 Å². The molecule has 0 saturated heterocycles. The molecular weight excluding hydrogens is 201 g/mol. The molecule has 0 amide bonds. The molecule has 1 rings (SSSR count). The van der Waals surface area contributed by atoms with Crippen LogP contribution in [-0.2, 0) is 0 Å². The summed E-state index contributed by atoms with van der Waals surface area (Å²) in [5.41, 5.74) is 0. The van der Waals surface area contributed by atoms with E-state index in [9.17, 15) is 4.39 Å². The van der Waals surface area contributed by atoms with Crippen molar-refractivity contribution in [3.8, 4) is 0 Å². The fourth-order valence-electron chi connectivity index (χ4n) is 2.32.